The lowest BCUT2D eigenvalue weighted by Gasteiger charge is -2.13. The number of carbonyl (C=O) groups is 1. The lowest BCUT2D eigenvalue weighted by molar-refractivity contribution is 0.0601. The number of aryl methyl sites for hydroxylation is 1. The van der Waals surface area contributed by atoms with Crippen LogP contribution in [0.15, 0.2) is 30.4 Å². The molecule has 2 N–H and O–H groups in total. The summed E-state index contributed by atoms with van der Waals surface area (Å²) in [5.74, 6) is -0.371. The number of nitrogens with one attached hydrogen (secondary N) is 2. The number of hydrogen-bond donors (Lipinski definition) is 2. The van der Waals surface area contributed by atoms with Gasteiger partial charge >= 0.3 is 5.97 Å². The Balaban J connectivity index is 2.79. The molecule has 1 aromatic carbocycles. The van der Waals surface area contributed by atoms with Gasteiger partial charge in [-0.15, -0.1) is 0 Å². The third kappa shape index (κ3) is 4.71. The minimum Gasteiger partial charge on any atom is -0.465 e. The first-order chi connectivity index (χ1) is 8.93. The molecule has 0 heterocycles. The van der Waals surface area contributed by atoms with Crippen molar-refractivity contribution in [3.05, 3.63) is 41.5 Å². The van der Waals surface area contributed by atoms with Gasteiger partial charge in [0.1, 0.15) is 0 Å². The van der Waals surface area contributed by atoms with Crippen LogP contribution in [-0.2, 0) is 4.74 Å². The van der Waals surface area contributed by atoms with Gasteiger partial charge in [-0.3, -0.25) is 0 Å². The average Bonchev–Trinajstić information content (AvgIpc) is 2.38. The van der Waals surface area contributed by atoms with E-state index in [1.54, 1.807) is 12.1 Å². The van der Waals surface area contributed by atoms with E-state index in [9.17, 15) is 4.79 Å². The Labute approximate surface area is 118 Å². The molecule has 19 heavy (non-hydrogen) atoms. The number of benzene rings is 1. The molecular formula is C14H18N2O2S. The molecule has 0 spiro atoms. The third-order valence-electron chi connectivity index (χ3n) is 2.46. The molecule has 0 saturated carbocycles. The van der Waals surface area contributed by atoms with E-state index in [0.29, 0.717) is 17.2 Å². The molecule has 0 bridgehead atoms. The van der Waals surface area contributed by atoms with Gasteiger partial charge in [0.05, 0.1) is 12.7 Å². The van der Waals surface area contributed by atoms with E-state index in [1.807, 2.05) is 19.9 Å². The highest BCUT2D eigenvalue weighted by molar-refractivity contribution is 7.80. The van der Waals surface area contributed by atoms with Gasteiger partial charge in [0.2, 0.25) is 0 Å². The maximum absolute atomic E-state index is 11.5. The molecule has 0 unspecified atom stereocenters. The first-order valence-electron chi connectivity index (χ1n) is 5.82. The summed E-state index contributed by atoms with van der Waals surface area (Å²) in [7, 11) is 1.36. The second-order valence-corrected chi connectivity index (χ2v) is 4.69. The van der Waals surface area contributed by atoms with Crippen molar-refractivity contribution in [2.24, 2.45) is 0 Å². The summed E-state index contributed by atoms with van der Waals surface area (Å²) in [6, 6.07) is 5.28. The highest BCUT2D eigenvalue weighted by Crippen LogP contribution is 2.17. The van der Waals surface area contributed by atoms with Crippen molar-refractivity contribution in [2.75, 3.05) is 19.0 Å². The molecule has 1 aromatic rings. The quantitative estimate of drug-likeness (QED) is 0.504. The van der Waals surface area contributed by atoms with Gasteiger partial charge in [-0.05, 0) is 43.8 Å². The predicted molar refractivity (Wildman–Crippen MR) is 81.6 cm³/mol. The highest BCUT2D eigenvalue weighted by atomic mass is 32.1. The Morgan fingerprint density at radius 3 is 2.74 bits per heavy atom. The normalized spacial score (nSPS) is 9.63. The monoisotopic (exact) mass is 278 g/mol. The fraction of sp³-hybridized carbons (Fsp3) is 0.286. The van der Waals surface area contributed by atoms with Crippen LogP contribution in [0.2, 0.25) is 0 Å². The summed E-state index contributed by atoms with van der Waals surface area (Å²) < 4.78 is 4.69. The van der Waals surface area contributed by atoms with E-state index < -0.39 is 0 Å². The number of anilines is 1. The summed E-state index contributed by atoms with van der Waals surface area (Å²) in [5, 5.41) is 6.58. The zero-order chi connectivity index (χ0) is 14.4. The molecular weight excluding hydrogens is 260 g/mol. The maximum Gasteiger partial charge on any atom is 0.337 e. The number of hydrogen-bond acceptors (Lipinski definition) is 3. The largest absolute Gasteiger partial charge is 0.465 e. The number of thiocarbonyl (C=S) groups is 1. The smallest absolute Gasteiger partial charge is 0.337 e. The molecule has 0 saturated heterocycles. The van der Waals surface area contributed by atoms with Crippen LogP contribution in [0.3, 0.4) is 0 Å². The van der Waals surface area contributed by atoms with E-state index in [-0.39, 0.29) is 5.97 Å². The zero-order valence-electron chi connectivity index (χ0n) is 11.4. The maximum atomic E-state index is 11.5. The summed E-state index contributed by atoms with van der Waals surface area (Å²) in [5.41, 5.74) is 3.25. The number of esters is 1. The standard InChI is InChI=1S/C14H18N2O2S/c1-9(2)8-15-14(19)16-12-7-11(13(17)18-4)6-5-10(12)3/h5-7H,1,8H2,2-4H3,(H2,15,16,19). The van der Waals surface area contributed by atoms with Gasteiger partial charge in [-0.25, -0.2) is 4.79 Å². The first kappa shape index (κ1) is 15.2. The van der Waals surface area contributed by atoms with Crippen LogP contribution in [0.25, 0.3) is 0 Å². The van der Waals surface area contributed by atoms with Crippen molar-refractivity contribution < 1.29 is 9.53 Å². The van der Waals surface area contributed by atoms with Crippen molar-refractivity contribution in [3.63, 3.8) is 0 Å². The van der Waals surface area contributed by atoms with Crippen LogP contribution < -0.4 is 10.6 Å². The van der Waals surface area contributed by atoms with E-state index >= 15 is 0 Å². The fourth-order valence-electron chi connectivity index (χ4n) is 1.40. The fourth-order valence-corrected chi connectivity index (χ4v) is 1.58. The summed E-state index contributed by atoms with van der Waals surface area (Å²) >= 11 is 5.17. The van der Waals surface area contributed by atoms with Crippen LogP contribution in [0.4, 0.5) is 5.69 Å². The number of carbonyl (C=O) groups excluding carboxylic acids is 1. The number of rotatable bonds is 4. The van der Waals surface area contributed by atoms with Gasteiger partial charge in [-0.1, -0.05) is 18.2 Å². The van der Waals surface area contributed by atoms with Gasteiger partial charge in [-0.2, -0.15) is 0 Å². The van der Waals surface area contributed by atoms with E-state index in [2.05, 4.69) is 21.9 Å². The second kappa shape index (κ2) is 6.89. The molecule has 0 aliphatic carbocycles. The Bertz CT molecular complexity index is 512. The van der Waals surface area contributed by atoms with E-state index in [1.165, 1.54) is 7.11 Å². The van der Waals surface area contributed by atoms with Crippen molar-refractivity contribution in [2.45, 2.75) is 13.8 Å². The Morgan fingerprint density at radius 1 is 1.47 bits per heavy atom. The van der Waals surface area contributed by atoms with Crippen molar-refractivity contribution >= 4 is 29.0 Å². The Hall–Kier alpha value is -1.88. The second-order valence-electron chi connectivity index (χ2n) is 4.29. The summed E-state index contributed by atoms with van der Waals surface area (Å²) in [6.07, 6.45) is 0. The predicted octanol–water partition coefficient (Wildman–Crippen LogP) is 2.64. The van der Waals surface area contributed by atoms with Crippen LogP contribution in [-0.4, -0.2) is 24.7 Å². The van der Waals surface area contributed by atoms with Crippen molar-refractivity contribution in [1.82, 2.24) is 5.32 Å². The molecule has 5 heteroatoms. The Morgan fingerprint density at radius 2 is 2.16 bits per heavy atom. The minimum atomic E-state index is -0.371. The van der Waals surface area contributed by atoms with E-state index in [0.717, 1.165) is 16.8 Å². The molecule has 0 aliphatic heterocycles. The average molecular weight is 278 g/mol. The highest BCUT2D eigenvalue weighted by Gasteiger charge is 2.08. The summed E-state index contributed by atoms with van der Waals surface area (Å²) in [4.78, 5) is 11.5. The third-order valence-corrected chi connectivity index (χ3v) is 2.70. The number of ether oxygens (including phenoxy) is 1. The van der Waals surface area contributed by atoms with Crippen LogP contribution in [0.5, 0.6) is 0 Å². The molecule has 4 nitrogen and oxygen atoms in total. The Kier molecular flexibility index (Phi) is 5.51. The molecule has 102 valence electrons. The van der Waals surface area contributed by atoms with Gasteiger partial charge < -0.3 is 15.4 Å². The molecule has 0 aliphatic rings. The molecule has 1 rings (SSSR count). The van der Waals surface area contributed by atoms with E-state index in [4.69, 9.17) is 12.2 Å². The van der Waals surface area contributed by atoms with Crippen molar-refractivity contribution in [3.8, 4) is 0 Å². The van der Waals surface area contributed by atoms with Crippen molar-refractivity contribution in [1.29, 1.82) is 0 Å². The number of methoxy groups -OCH3 is 1. The topological polar surface area (TPSA) is 50.4 Å². The lowest BCUT2D eigenvalue weighted by atomic mass is 10.1. The van der Waals surface area contributed by atoms with Crippen LogP contribution in [0.1, 0.15) is 22.8 Å². The van der Waals surface area contributed by atoms with Gasteiger partial charge in [0.25, 0.3) is 0 Å². The lowest BCUT2D eigenvalue weighted by Crippen LogP contribution is -2.29. The van der Waals surface area contributed by atoms with Gasteiger partial charge in [0, 0.05) is 12.2 Å². The first-order valence-corrected chi connectivity index (χ1v) is 6.23. The molecule has 0 radical (unpaired) electrons. The molecule has 0 amide bonds. The van der Waals surface area contributed by atoms with Crippen LogP contribution >= 0.6 is 12.2 Å². The van der Waals surface area contributed by atoms with Gasteiger partial charge in [0.15, 0.2) is 5.11 Å². The molecule has 0 aromatic heterocycles. The summed E-state index contributed by atoms with van der Waals surface area (Å²) in [6.45, 7) is 8.25. The molecule has 0 fully saturated rings. The zero-order valence-corrected chi connectivity index (χ0v) is 12.2. The minimum absolute atomic E-state index is 0.371. The SMILES string of the molecule is C=C(C)CNC(=S)Nc1cc(C(=O)OC)ccc1C. The van der Waals surface area contributed by atoms with Crippen LogP contribution in [0, 0.1) is 6.92 Å². The molecule has 0 atom stereocenters.